The molecular weight excluding hydrogens is 280 g/mol. The molecule has 2 rings (SSSR count). The average molecular weight is 308 g/mol. The Balaban J connectivity index is 2.29. The van der Waals surface area contributed by atoms with Crippen molar-refractivity contribution >= 4 is 22.3 Å². The van der Waals surface area contributed by atoms with Crippen molar-refractivity contribution in [1.82, 2.24) is 4.98 Å². The lowest BCUT2D eigenvalue weighted by Gasteiger charge is -2.27. The van der Waals surface area contributed by atoms with Crippen LogP contribution >= 0.6 is 11.3 Å². The average Bonchev–Trinajstić information content (AvgIpc) is 2.68. The van der Waals surface area contributed by atoms with Gasteiger partial charge in [-0.1, -0.05) is 52.9 Å². The van der Waals surface area contributed by atoms with Crippen molar-refractivity contribution < 1.29 is 4.79 Å². The van der Waals surface area contributed by atoms with E-state index in [0.717, 1.165) is 35.2 Å². The Morgan fingerprint density at radius 2 is 1.71 bits per heavy atom. The first-order valence-corrected chi connectivity index (χ1v) is 8.77. The number of aromatic nitrogens is 1. The molecule has 1 aliphatic carbocycles. The number of anilines is 1. The van der Waals surface area contributed by atoms with E-state index >= 15 is 0 Å². The molecule has 0 aromatic carbocycles. The molecule has 0 radical (unpaired) electrons. The molecule has 21 heavy (non-hydrogen) atoms. The predicted octanol–water partition coefficient (Wildman–Crippen LogP) is 4.42. The van der Waals surface area contributed by atoms with E-state index in [1.807, 2.05) is 0 Å². The smallest absolute Gasteiger partial charge is 0.186 e. The molecule has 0 atom stereocenters. The highest BCUT2D eigenvalue weighted by atomic mass is 32.1. The molecular formula is C17H28N2OS. The van der Waals surface area contributed by atoms with E-state index in [0.29, 0.717) is 18.3 Å². The van der Waals surface area contributed by atoms with Crippen LogP contribution in [0.1, 0.15) is 63.3 Å². The fraction of sp³-hybridized carbons (Fsp3) is 0.765. The first kappa shape index (κ1) is 16.5. The van der Waals surface area contributed by atoms with Crippen molar-refractivity contribution in [2.75, 3.05) is 18.0 Å². The van der Waals surface area contributed by atoms with Crippen LogP contribution in [0.25, 0.3) is 0 Å². The predicted molar refractivity (Wildman–Crippen MR) is 90.4 cm³/mol. The number of nitrogens with zero attached hydrogens (tertiary/aromatic N) is 2. The van der Waals surface area contributed by atoms with Crippen molar-refractivity contribution in [2.24, 2.45) is 17.3 Å². The van der Waals surface area contributed by atoms with E-state index in [9.17, 15) is 4.79 Å². The highest BCUT2D eigenvalue weighted by molar-refractivity contribution is 7.17. The van der Waals surface area contributed by atoms with E-state index in [1.165, 1.54) is 0 Å². The van der Waals surface area contributed by atoms with Gasteiger partial charge in [0.1, 0.15) is 0 Å². The number of fused-ring (bicyclic) bond motifs is 1. The molecule has 0 aliphatic heterocycles. The van der Waals surface area contributed by atoms with Crippen LogP contribution in [-0.2, 0) is 6.42 Å². The Morgan fingerprint density at radius 3 is 2.24 bits per heavy atom. The van der Waals surface area contributed by atoms with Gasteiger partial charge in [-0.05, 0) is 23.7 Å². The summed E-state index contributed by atoms with van der Waals surface area (Å²) in [5, 5.41) is 1.04. The Bertz CT molecular complexity index is 507. The minimum Gasteiger partial charge on any atom is -0.348 e. The van der Waals surface area contributed by atoms with Gasteiger partial charge in [-0.25, -0.2) is 4.98 Å². The summed E-state index contributed by atoms with van der Waals surface area (Å²) in [4.78, 5) is 20.4. The van der Waals surface area contributed by atoms with Crippen LogP contribution in [0, 0.1) is 17.3 Å². The zero-order valence-electron chi connectivity index (χ0n) is 14.2. The minimum absolute atomic E-state index is 0.0519. The third-order valence-corrected chi connectivity index (χ3v) is 4.87. The molecule has 1 aromatic rings. The van der Waals surface area contributed by atoms with Gasteiger partial charge in [0.15, 0.2) is 10.9 Å². The maximum atomic E-state index is 12.3. The molecule has 3 nitrogen and oxygen atoms in total. The second-order valence-electron chi connectivity index (χ2n) is 7.91. The second-order valence-corrected chi connectivity index (χ2v) is 8.88. The molecule has 0 unspecified atom stereocenters. The van der Waals surface area contributed by atoms with Crippen LogP contribution in [0.15, 0.2) is 0 Å². The molecule has 118 valence electrons. The Hall–Kier alpha value is -0.900. The molecule has 4 heteroatoms. The highest BCUT2D eigenvalue weighted by Gasteiger charge is 2.34. The van der Waals surface area contributed by atoms with Gasteiger partial charge >= 0.3 is 0 Å². The fourth-order valence-corrected chi connectivity index (χ4v) is 3.99. The summed E-state index contributed by atoms with van der Waals surface area (Å²) in [5.74, 6) is 1.47. The lowest BCUT2D eigenvalue weighted by atomic mass is 9.78. The SMILES string of the molecule is CC(C)CN(CC(C)C)c1nc2c(s1)C(=O)CC(C)(C)C2. The summed E-state index contributed by atoms with van der Waals surface area (Å²) < 4.78 is 0. The van der Waals surface area contributed by atoms with Crippen LogP contribution in [0.4, 0.5) is 5.13 Å². The maximum Gasteiger partial charge on any atom is 0.186 e. The molecule has 0 bridgehead atoms. The standard InChI is InChI=1S/C17H28N2OS/c1-11(2)9-19(10-12(3)4)16-18-13-7-17(5,6)8-14(20)15(13)21-16/h11-12H,7-10H2,1-6H3. The lowest BCUT2D eigenvalue weighted by Crippen LogP contribution is -2.31. The third-order valence-electron chi connectivity index (χ3n) is 3.67. The molecule has 1 aliphatic rings. The monoisotopic (exact) mass is 308 g/mol. The molecule has 1 aromatic heterocycles. The zero-order chi connectivity index (χ0) is 15.8. The van der Waals surface area contributed by atoms with E-state index in [2.05, 4.69) is 46.4 Å². The first-order valence-electron chi connectivity index (χ1n) is 7.96. The Labute approximate surface area is 132 Å². The first-order chi connectivity index (χ1) is 9.68. The molecule has 0 saturated carbocycles. The largest absolute Gasteiger partial charge is 0.348 e. The summed E-state index contributed by atoms with van der Waals surface area (Å²) in [6.45, 7) is 15.2. The van der Waals surface area contributed by atoms with Crippen molar-refractivity contribution in [3.05, 3.63) is 10.6 Å². The number of thiazole rings is 1. The summed E-state index contributed by atoms with van der Waals surface area (Å²) in [6, 6.07) is 0. The van der Waals surface area contributed by atoms with E-state index < -0.39 is 0 Å². The molecule has 0 saturated heterocycles. The van der Waals surface area contributed by atoms with Crippen LogP contribution in [0.5, 0.6) is 0 Å². The number of ketones is 1. The number of rotatable bonds is 5. The maximum absolute atomic E-state index is 12.3. The summed E-state index contributed by atoms with van der Waals surface area (Å²) in [7, 11) is 0. The van der Waals surface area contributed by atoms with Crippen LogP contribution in [0.2, 0.25) is 0 Å². The number of carbonyl (C=O) groups is 1. The Morgan fingerprint density at radius 1 is 1.14 bits per heavy atom. The number of hydrogen-bond donors (Lipinski definition) is 0. The molecule has 0 N–H and O–H groups in total. The van der Waals surface area contributed by atoms with Crippen molar-refractivity contribution in [2.45, 2.75) is 54.4 Å². The van der Waals surface area contributed by atoms with Crippen LogP contribution in [-0.4, -0.2) is 23.9 Å². The summed E-state index contributed by atoms with van der Waals surface area (Å²) >= 11 is 1.60. The van der Waals surface area contributed by atoms with Gasteiger partial charge < -0.3 is 4.90 Å². The van der Waals surface area contributed by atoms with Crippen molar-refractivity contribution in [1.29, 1.82) is 0 Å². The van der Waals surface area contributed by atoms with Crippen LogP contribution in [0.3, 0.4) is 0 Å². The van der Waals surface area contributed by atoms with Gasteiger partial charge in [0.05, 0.1) is 10.6 Å². The van der Waals surface area contributed by atoms with E-state index in [-0.39, 0.29) is 11.2 Å². The normalized spacial score (nSPS) is 17.4. The van der Waals surface area contributed by atoms with Gasteiger partial charge in [0, 0.05) is 19.5 Å². The van der Waals surface area contributed by atoms with Crippen LogP contribution < -0.4 is 4.90 Å². The molecule has 0 fully saturated rings. The lowest BCUT2D eigenvalue weighted by molar-refractivity contribution is 0.0916. The van der Waals surface area contributed by atoms with Gasteiger partial charge in [0.25, 0.3) is 0 Å². The topological polar surface area (TPSA) is 33.2 Å². The Kier molecular flexibility index (Phi) is 4.76. The van der Waals surface area contributed by atoms with Gasteiger partial charge in [0.2, 0.25) is 0 Å². The minimum atomic E-state index is 0.0519. The molecule has 0 spiro atoms. The van der Waals surface area contributed by atoms with E-state index in [4.69, 9.17) is 4.98 Å². The molecule has 0 amide bonds. The number of Topliss-reactive ketones (excluding diaryl/α,β-unsaturated/α-hetero) is 1. The summed E-state index contributed by atoms with van der Waals surface area (Å²) in [6.07, 6.45) is 1.57. The van der Waals surface area contributed by atoms with Gasteiger partial charge in [-0.15, -0.1) is 0 Å². The highest BCUT2D eigenvalue weighted by Crippen LogP contribution is 2.39. The molecule has 1 heterocycles. The third kappa shape index (κ3) is 4.06. The van der Waals surface area contributed by atoms with Crippen molar-refractivity contribution in [3.63, 3.8) is 0 Å². The second kappa shape index (κ2) is 6.07. The summed E-state index contributed by atoms with van der Waals surface area (Å²) in [5.41, 5.74) is 1.07. The van der Waals surface area contributed by atoms with Gasteiger partial charge in [-0.2, -0.15) is 0 Å². The quantitative estimate of drug-likeness (QED) is 0.807. The number of hydrogen-bond acceptors (Lipinski definition) is 4. The zero-order valence-corrected chi connectivity index (χ0v) is 15.0. The van der Waals surface area contributed by atoms with Crippen molar-refractivity contribution in [3.8, 4) is 0 Å². The fourth-order valence-electron chi connectivity index (χ4n) is 2.96. The van der Waals surface area contributed by atoms with E-state index in [1.54, 1.807) is 11.3 Å². The number of carbonyl (C=O) groups excluding carboxylic acids is 1. The van der Waals surface area contributed by atoms with Gasteiger partial charge in [-0.3, -0.25) is 4.79 Å².